The van der Waals surface area contributed by atoms with Crippen LogP contribution in [-0.4, -0.2) is 28.6 Å². The van der Waals surface area contributed by atoms with Crippen molar-refractivity contribution in [3.63, 3.8) is 0 Å². The number of fused-ring (bicyclic) bond motifs is 1. The molecular weight excluding hydrogens is 446 g/mol. The van der Waals surface area contributed by atoms with Crippen LogP contribution in [0.25, 0.3) is 11.0 Å². The Balaban J connectivity index is 1.26. The predicted molar refractivity (Wildman–Crippen MR) is 147 cm³/mol. The minimum absolute atomic E-state index is 0.0120. The molecule has 0 unspecified atom stereocenters. The van der Waals surface area contributed by atoms with Crippen LogP contribution in [0.3, 0.4) is 0 Å². The van der Waals surface area contributed by atoms with Gasteiger partial charge >= 0.3 is 0 Å². The second-order valence-corrected chi connectivity index (χ2v) is 9.52. The highest BCUT2D eigenvalue weighted by molar-refractivity contribution is 5.95. The van der Waals surface area contributed by atoms with Gasteiger partial charge in [-0.25, -0.2) is 4.98 Å². The molecule has 0 radical (unpaired) electrons. The molecule has 0 spiro atoms. The highest BCUT2D eigenvalue weighted by Gasteiger charge is 2.11. The number of carbonyl (C=O) groups excluding carboxylic acids is 1. The molecular formula is C31H37N3O2. The summed E-state index contributed by atoms with van der Waals surface area (Å²) in [6.07, 6.45) is 4.90. The van der Waals surface area contributed by atoms with E-state index in [1.807, 2.05) is 37.3 Å². The molecule has 3 aromatic carbocycles. The maximum absolute atomic E-state index is 12.4. The van der Waals surface area contributed by atoms with Crippen molar-refractivity contribution in [2.45, 2.75) is 59.4 Å². The van der Waals surface area contributed by atoms with E-state index in [9.17, 15) is 4.79 Å². The molecule has 0 atom stereocenters. The van der Waals surface area contributed by atoms with E-state index in [-0.39, 0.29) is 5.91 Å². The topological polar surface area (TPSA) is 56.1 Å². The monoisotopic (exact) mass is 483 g/mol. The molecule has 0 saturated heterocycles. The molecule has 188 valence electrons. The standard InChI is InChI=1S/C31H37N3O2/c1-23-17-18-25(3)29(22-23)36-21-11-20-34-28-15-9-8-14-27(28)33-30(34)16-5-4-10-19-32-31(35)26-13-7-6-12-24(26)2/h6-9,12-15,17-18,22H,4-5,10-11,16,19-21H2,1-3H3,(H,32,35). The van der Waals surface area contributed by atoms with E-state index in [0.717, 1.165) is 66.9 Å². The third-order valence-corrected chi connectivity index (χ3v) is 6.61. The number of amides is 1. The van der Waals surface area contributed by atoms with Crippen LogP contribution in [0.2, 0.25) is 0 Å². The van der Waals surface area contributed by atoms with Crippen LogP contribution in [0.5, 0.6) is 5.75 Å². The molecule has 5 heteroatoms. The fraction of sp³-hybridized carbons (Fsp3) is 0.355. The zero-order valence-electron chi connectivity index (χ0n) is 21.7. The number of rotatable bonds is 12. The second-order valence-electron chi connectivity index (χ2n) is 9.52. The Morgan fingerprint density at radius 2 is 1.69 bits per heavy atom. The summed E-state index contributed by atoms with van der Waals surface area (Å²) in [6.45, 7) is 8.40. The minimum atomic E-state index is 0.0120. The first kappa shape index (κ1) is 25.5. The summed E-state index contributed by atoms with van der Waals surface area (Å²) in [7, 11) is 0. The van der Waals surface area contributed by atoms with E-state index in [4.69, 9.17) is 9.72 Å². The van der Waals surface area contributed by atoms with Crippen molar-refractivity contribution in [1.29, 1.82) is 0 Å². The summed E-state index contributed by atoms with van der Waals surface area (Å²) in [6, 6.07) is 22.4. The van der Waals surface area contributed by atoms with Crippen molar-refractivity contribution < 1.29 is 9.53 Å². The normalized spacial score (nSPS) is 11.1. The quantitative estimate of drug-likeness (QED) is 0.232. The number of imidazole rings is 1. The lowest BCUT2D eigenvalue weighted by Gasteiger charge is -2.12. The van der Waals surface area contributed by atoms with E-state index in [1.165, 1.54) is 16.6 Å². The van der Waals surface area contributed by atoms with Crippen LogP contribution in [0, 0.1) is 20.8 Å². The van der Waals surface area contributed by atoms with Gasteiger partial charge in [-0.1, -0.05) is 48.9 Å². The molecule has 5 nitrogen and oxygen atoms in total. The number of hydrogen-bond donors (Lipinski definition) is 1. The molecule has 4 aromatic rings. The van der Waals surface area contributed by atoms with E-state index < -0.39 is 0 Å². The summed E-state index contributed by atoms with van der Waals surface area (Å²) >= 11 is 0. The number of aryl methyl sites for hydroxylation is 5. The van der Waals surface area contributed by atoms with Gasteiger partial charge in [0.1, 0.15) is 11.6 Å². The second kappa shape index (κ2) is 12.4. The largest absolute Gasteiger partial charge is 0.493 e. The van der Waals surface area contributed by atoms with Crippen LogP contribution in [0.1, 0.15) is 58.6 Å². The summed E-state index contributed by atoms with van der Waals surface area (Å²) in [5.41, 5.74) is 6.39. The predicted octanol–water partition coefficient (Wildman–Crippen LogP) is 6.57. The number of nitrogens with zero attached hydrogens (tertiary/aromatic N) is 2. The van der Waals surface area contributed by atoms with Gasteiger partial charge < -0.3 is 14.6 Å². The Bertz CT molecular complexity index is 1310. The van der Waals surface area contributed by atoms with Crippen molar-refractivity contribution in [3.8, 4) is 5.75 Å². The van der Waals surface area contributed by atoms with Gasteiger partial charge in [0.15, 0.2) is 0 Å². The van der Waals surface area contributed by atoms with Crippen LogP contribution in [0.4, 0.5) is 0 Å². The Hall–Kier alpha value is -3.60. The molecule has 0 aliphatic heterocycles. The molecule has 1 aromatic heterocycles. The van der Waals surface area contributed by atoms with Crippen LogP contribution in [0.15, 0.2) is 66.7 Å². The van der Waals surface area contributed by atoms with E-state index in [2.05, 4.69) is 60.1 Å². The molecule has 1 heterocycles. The number of benzene rings is 3. The van der Waals surface area contributed by atoms with Crippen molar-refractivity contribution in [2.24, 2.45) is 0 Å². The highest BCUT2D eigenvalue weighted by atomic mass is 16.5. The molecule has 0 bridgehead atoms. The van der Waals surface area contributed by atoms with E-state index in [0.29, 0.717) is 13.2 Å². The molecule has 0 aliphatic rings. The number of hydrogen-bond acceptors (Lipinski definition) is 3. The first-order chi connectivity index (χ1) is 17.5. The van der Waals surface area contributed by atoms with Gasteiger partial charge in [0.05, 0.1) is 17.6 Å². The van der Waals surface area contributed by atoms with Crippen molar-refractivity contribution in [2.75, 3.05) is 13.2 Å². The van der Waals surface area contributed by atoms with Gasteiger partial charge in [0.2, 0.25) is 0 Å². The average Bonchev–Trinajstić information content (AvgIpc) is 3.23. The van der Waals surface area contributed by atoms with E-state index >= 15 is 0 Å². The first-order valence-electron chi connectivity index (χ1n) is 13.0. The van der Waals surface area contributed by atoms with Crippen LogP contribution >= 0.6 is 0 Å². The summed E-state index contributed by atoms with van der Waals surface area (Å²) in [5, 5.41) is 3.05. The number of carbonyl (C=O) groups is 1. The molecule has 4 rings (SSSR count). The van der Waals surface area contributed by atoms with Crippen LogP contribution < -0.4 is 10.1 Å². The molecule has 1 amide bonds. The fourth-order valence-electron chi connectivity index (χ4n) is 4.54. The lowest BCUT2D eigenvalue weighted by Crippen LogP contribution is -2.25. The molecule has 1 N–H and O–H groups in total. The summed E-state index contributed by atoms with van der Waals surface area (Å²) < 4.78 is 8.43. The molecule has 0 fully saturated rings. The minimum Gasteiger partial charge on any atom is -0.493 e. The molecule has 36 heavy (non-hydrogen) atoms. The smallest absolute Gasteiger partial charge is 0.251 e. The molecule has 0 aliphatic carbocycles. The van der Waals surface area contributed by atoms with Gasteiger partial charge in [-0.2, -0.15) is 0 Å². The maximum Gasteiger partial charge on any atom is 0.251 e. The third-order valence-electron chi connectivity index (χ3n) is 6.61. The number of unbranched alkanes of at least 4 members (excludes halogenated alkanes) is 2. The first-order valence-corrected chi connectivity index (χ1v) is 13.0. The van der Waals surface area contributed by atoms with Crippen LogP contribution in [-0.2, 0) is 13.0 Å². The lowest BCUT2D eigenvalue weighted by atomic mass is 10.1. The van der Waals surface area contributed by atoms with Gasteiger partial charge in [0.25, 0.3) is 5.91 Å². The average molecular weight is 484 g/mol. The van der Waals surface area contributed by atoms with Crippen molar-refractivity contribution >= 4 is 16.9 Å². The summed E-state index contributed by atoms with van der Waals surface area (Å²) in [4.78, 5) is 17.3. The Labute approximate surface area is 214 Å². The molecule has 0 saturated carbocycles. The zero-order valence-corrected chi connectivity index (χ0v) is 21.7. The lowest BCUT2D eigenvalue weighted by molar-refractivity contribution is 0.0952. The Kier molecular flexibility index (Phi) is 8.77. The highest BCUT2D eigenvalue weighted by Crippen LogP contribution is 2.21. The van der Waals surface area contributed by atoms with Crippen molar-refractivity contribution in [1.82, 2.24) is 14.9 Å². The van der Waals surface area contributed by atoms with E-state index in [1.54, 1.807) is 0 Å². The number of nitrogens with one attached hydrogen (secondary N) is 1. The van der Waals surface area contributed by atoms with Gasteiger partial charge in [-0.15, -0.1) is 0 Å². The van der Waals surface area contributed by atoms with Gasteiger partial charge in [0, 0.05) is 25.1 Å². The number of aromatic nitrogens is 2. The fourth-order valence-corrected chi connectivity index (χ4v) is 4.54. The zero-order chi connectivity index (χ0) is 25.3. The maximum atomic E-state index is 12.4. The third kappa shape index (κ3) is 6.54. The number of ether oxygens (including phenoxy) is 1. The Morgan fingerprint density at radius 1 is 0.889 bits per heavy atom. The number of para-hydroxylation sites is 2. The summed E-state index contributed by atoms with van der Waals surface area (Å²) in [5.74, 6) is 2.12. The Morgan fingerprint density at radius 3 is 2.56 bits per heavy atom. The van der Waals surface area contributed by atoms with Gasteiger partial charge in [-0.05, 0) is 81.0 Å². The van der Waals surface area contributed by atoms with Crippen molar-refractivity contribution in [3.05, 3.63) is 94.8 Å². The SMILES string of the molecule is Cc1ccc(C)c(OCCCn2c(CCCCCNC(=O)c3ccccc3C)nc3ccccc32)c1. The van der Waals surface area contributed by atoms with Gasteiger partial charge in [-0.3, -0.25) is 4.79 Å².